The Bertz CT molecular complexity index is 1120. The minimum atomic E-state index is -0.213. The molecule has 0 unspecified atom stereocenters. The molecule has 2 aromatic carbocycles. The highest BCUT2D eigenvalue weighted by Gasteiger charge is 2.17. The van der Waals surface area contributed by atoms with Gasteiger partial charge in [-0.2, -0.15) is 0 Å². The van der Waals surface area contributed by atoms with Gasteiger partial charge in [-0.3, -0.25) is 4.79 Å². The van der Waals surface area contributed by atoms with Gasteiger partial charge in [0.1, 0.15) is 0 Å². The number of rotatable bonds is 5. The number of amides is 2. The topological polar surface area (TPSA) is 65.2 Å². The maximum Gasteiger partial charge on any atom is 0.322 e. The highest BCUT2D eigenvalue weighted by atomic mass is 35.5. The monoisotopic (exact) mass is 411 g/mol. The van der Waals surface area contributed by atoms with Gasteiger partial charge < -0.3 is 15.2 Å². The molecule has 0 aliphatic heterocycles. The lowest BCUT2D eigenvalue weighted by atomic mass is 10.0. The smallest absolute Gasteiger partial charge is 0.322 e. The van der Waals surface area contributed by atoms with Crippen LogP contribution >= 0.6 is 11.6 Å². The Kier molecular flexibility index (Phi) is 6.28. The molecule has 0 atom stereocenters. The lowest BCUT2D eigenvalue weighted by molar-refractivity contribution is 0.209. The molecule has 0 radical (unpaired) electrons. The SMILES string of the molecule is CCCN(Cc1cc(=O)[nH]c2c(C)cc(C)cc12)C(=O)Nc1cccc(Cl)c1C. The molecular weight excluding hydrogens is 386 g/mol. The predicted molar refractivity (Wildman–Crippen MR) is 120 cm³/mol. The highest BCUT2D eigenvalue weighted by Crippen LogP contribution is 2.25. The van der Waals surface area contributed by atoms with Gasteiger partial charge in [0, 0.05) is 35.3 Å². The van der Waals surface area contributed by atoms with Gasteiger partial charge in [-0.05, 0) is 62.1 Å². The van der Waals surface area contributed by atoms with E-state index in [1.807, 2.05) is 45.9 Å². The van der Waals surface area contributed by atoms with Crippen LogP contribution in [0, 0.1) is 20.8 Å². The summed E-state index contributed by atoms with van der Waals surface area (Å²) in [6.07, 6.45) is 0.807. The van der Waals surface area contributed by atoms with Crippen LogP contribution in [-0.4, -0.2) is 22.5 Å². The molecule has 0 spiro atoms. The van der Waals surface area contributed by atoms with Crippen LogP contribution in [0.3, 0.4) is 0 Å². The van der Waals surface area contributed by atoms with Gasteiger partial charge in [0.15, 0.2) is 0 Å². The number of nitrogens with zero attached hydrogens (tertiary/aromatic N) is 1. The normalized spacial score (nSPS) is 10.9. The van der Waals surface area contributed by atoms with Gasteiger partial charge in [0.2, 0.25) is 5.56 Å². The second-order valence-corrected chi connectivity index (χ2v) is 7.83. The Morgan fingerprint density at radius 1 is 1.17 bits per heavy atom. The van der Waals surface area contributed by atoms with Crippen molar-refractivity contribution < 1.29 is 4.79 Å². The van der Waals surface area contributed by atoms with Gasteiger partial charge in [-0.25, -0.2) is 4.79 Å². The van der Waals surface area contributed by atoms with Crippen LogP contribution in [0.1, 0.15) is 35.6 Å². The zero-order valence-corrected chi connectivity index (χ0v) is 18.0. The van der Waals surface area contributed by atoms with Crippen LogP contribution in [0.15, 0.2) is 41.2 Å². The first-order valence-corrected chi connectivity index (χ1v) is 10.1. The fourth-order valence-electron chi connectivity index (χ4n) is 3.58. The van der Waals surface area contributed by atoms with E-state index in [0.29, 0.717) is 23.8 Å². The number of urea groups is 1. The summed E-state index contributed by atoms with van der Waals surface area (Å²) in [5.41, 5.74) is 5.13. The molecule has 0 aliphatic carbocycles. The molecule has 3 aromatic rings. The Morgan fingerprint density at radius 2 is 1.93 bits per heavy atom. The number of hydrogen-bond acceptors (Lipinski definition) is 2. The van der Waals surface area contributed by atoms with E-state index in [1.54, 1.807) is 17.0 Å². The maximum atomic E-state index is 13.0. The Labute approximate surface area is 175 Å². The van der Waals surface area contributed by atoms with E-state index in [0.717, 1.165) is 39.6 Å². The van der Waals surface area contributed by atoms with Gasteiger partial charge in [0.25, 0.3) is 0 Å². The largest absolute Gasteiger partial charge is 0.322 e. The van der Waals surface area contributed by atoms with E-state index in [-0.39, 0.29) is 11.6 Å². The Hall–Kier alpha value is -2.79. The number of H-pyrrole nitrogens is 1. The first kappa shape index (κ1) is 20.9. The summed E-state index contributed by atoms with van der Waals surface area (Å²) in [6.45, 7) is 8.83. The molecule has 1 aromatic heterocycles. The number of benzene rings is 2. The molecule has 0 saturated heterocycles. The van der Waals surface area contributed by atoms with Crippen molar-refractivity contribution in [3.8, 4) is 0 Å². The summed E-state index contributed by atoms with van der Waals surface area (Å²) in [4.78, 5) is 29.9. The third-order valence-electron chi connectivity index (χ3n) is 5.03. The van der Waals surface area contributed by atoms with Crippen LogP contribution in [0.4, 0.5) is 10.5 Å². The number of aromatic nitrogens is 1. The number of anilines is 1. The summed E-state index contributed by atoms with van der Waals surface area (Å²) in [5.74, 6) is 0. The summed E-state index contributed by atoms with van der Waals surface area (Å²) >= 11 is 6.18. The van der Waals surface area contributed by atoms with Crippen molar-refractivity contribution in [2.45, 2.75) is 40.7 Å². The van der Waals surface area contributed by atoms with Crippen molar-refractivity contribution in [2.24, 2.45) is 0 Å². The second-order valence-electron chi connectivity index (χ2n) is 7.43. The molecule has 0 saturated carbocycles. The van der Waals surface area contributed by atoms with E-state index in [9.17, 15) is 9.59 Å². The first-order valence-electron chi connectivity index (χ1n) is 9.74. The Balaban J connectivity index is 1.96. The fraction of sp³-hybridized carbons (Fsp3) is 0.304. The zero-order chi connectivity index (χ0) is 21.1. The van der Waals surface area contributed by atoms with Crippen molar-refractivity contribution in [3.05, 3.63) is 74.0 Å². The van der Waals surface area contributed by atoms with Crippen LogP contribution < -0.4 is 10.9 Å². The quantitative estimate of drug-likeness (QED) is 0.578. The molecule has 0 fully saturated rings. The number of halogens is 1. The molecule has 5 nitrogen and oxygen atoms in total. The summed E-state index contributed by atoms with van der Waals surface area (Å²) in [5, 5.41) is 4.53. The second kappa shape index (κ2) is 8.70. The highest BCUT2D eigenvalue weighted by molar-refractivity contribution is 6.31. The predicted octanol–water partition coefficient (Wildman–Crippen LogP) is 5.55. The number of pyridine rings is 1. The Morgan fingerprint density at radius 3 is 2.66 bits per heavy atom. The molecular formula is C23H26ClN3O2. The number of aromatic amines is 1. The summed E-state index contributed by atoms with van der Waals surface area (Å²) < 4.78 is 0. The van der Waals surface area contributed by atoms with Crippen LogP contribution in [-0.2, 0) is 6.54 Å². The minimum absolute atomic E-state index is 0.165. The van der Waals surface area contributed by atoms with Crippen molar-refractivity contribution in [1.82, 2.24) is 9.88 Å². The fourth-order valence-corrected chi connectivity index (χ4v) is 3.75. The van der Waals surface area contributed by atoms with Crippen LogP contribution in [0.5, 0.6) is 0 Å². The molecule has 6 heteroatoms. The molecule has 0 bridgehead atoms. The number of aryl methyl sites for hydroxylation is 2. The molecule has 152 valence electrons. The summed E-state index contributed by atoms with van der Waals surface area (Å²) in [7, 11) is 0. The van der Waals surface area contributed by atoms with E-state index in [2.05, 4.69) is 16.4 Å². The van der Waals surface area contributed by atoms with Gasteiger partial charge in [0.05, 0.1) is 5.52 Å². The van der Waals surface area contributed by atoms with Crippen LogP contribution in [0.2, 0.25) is 5.02 Å². The molecule has 1 heterocycles. The van der Waals surface area contributed by atoms with E-state index in [4.69, 9.17) is 11.6 Å². The van der Waals surface area contributed by atoms with E-state index >= 15 is 0 Å². The van der Waals surface area contributed by atoms with Gasteiger partial charge >= 0.3 is 6.03 Å². The zero-order valence-electron chi connectivity index (χ0n) is 17.2. The lowest BCUT2D eigenvalue weighted by Gasteiger charge is -2.24. The molecule has 0 aliphatic rings. The number of carbonyl (C=O) groups is 1. The standard InChI is InChI=1S/C23H26ClN3O2/c1-5-9-27(23(29)25-20-8-6-7-19(24)16(20)4)13-17-12-21(28)26-22-15(3)10-14(2)11-18(17)22/h6-8,10-12H,5,9,13H2,1-4H3,(H,25,29)(H,26,28). The van der Waals surface area contributed by atoms with Crippen molar-refractivity contribution >= 4 is 34.2 Å². The van der Waals surface area contributed by atoms with Crippen molar-refractivity contribution in [3.63, 3.8) is 0 Å². The number of fused-ring (bicyclic) bond motifs is 1. The van der Waals surface area contributed by atoms with E-state index in [1.165, 1.54) is 0 Å². The molecule has 3 rings (SSSR count). The number of carbonyl (C=O) groups excluding carboxylic acids is 1. The van der Waals surface area contributed by atoms with Crippen molar-refractivity contribution in [1.29, 1.82) is 0 Å². The number of hydrogen-bond donors (Lipinski definition) is 2. The third-order valence-corrected chi connectivity index (χ3v) is 5.44. The minimum Gasteiger partial charge on any atom is -0.322 e. The lowest BCUT2D eigenvalue weighted by Crippen LogP contribution is -2.35. The molecule has 2 N–H and O–H groups in total. The van der Waals surface area contributed by atoms with Crippen LogP contribution in [0.25, 0.3) is 10.9 Å². The average molecular weight is 412 g/mol. The summed E-state index contributed by atoms with van der Waals surface area (Å²) in [6, 6.07) is 10.9. The van der Waals surface area contributed by atoms with Gasteiger partial charge in [-0.1, -0.05) is 36.2 Å². The molecule has 29 heavy (non-hydrogen) atoms. The van der Waals surface area contributed by atoms with Gasteiger partial charge in [-0.15, -0.1) is 0 Å². The average Bonchev–Trinajstić information content (AvgIpc) is 2.66. The van der Waals surface area contributed by atoms with E-state index < -0.39 is 0 Å². The number of nitrogens with one attached hydrogen (secondary N) is 2. The maximum absolute atomic E-state index is 13.0. The third kappa shape index (κ3) is 4.62. The molecule has 2 amide bonds. The van der Waals surface area contributed by atoms with Crippen molar-refractivity contribution in [2.75, 3.05) is 11.9 Å². The first-order chi connectivity index (χ1) is 13.8.